The van der Waals surface area contributed by atoms with Crippen LogP contribution in [0.1, 0.15) is 32.7 Å². The summed E-state index contributed by atoms with van der Waals surface area (Å²) in [6, 6.07) is 10.1. The Balaban J connectivity index is 1.54. The van der Waals surface area contributed by atoms with Gasteiger partial charge in [-0.25, -0.2) is 9.67 Å². The lowest BCUT2D eigenvalue weighted by atomic mass is 10.1. The normalized spacial score (nSPS) is 11.4. The zero-order valence-corrected chi connectivity index (χ0v) is 17.7. The van der Waals surface area contributed by atoms with Crippen LogP contribution in [0.2, 0.25) is 5.15 Å². The highest BCUT2D eigenvalue weighted by Crippen LogP contribution is 2.28. The summed E-state index contributed by atoms with van der Waals surface area (Å²) in [4.78, 5) is 16.3. The first-order valence-corrected chi connectivity index (χ1v) is 9.86. The fourth-order valence-corrected chi connectivity index (χ4v) is 3.22. The third kappa shape index (κ3) is 5.75. The summed E-state index contributed by atoms with van der Waals surface area (Å²) in [6.07, 6.45) is -3.67. The van der Waals surface area contributed by atoms with Crippen molar-refractivity contribution in [3.63, 3.8) is 0 Å². The molecule has 31 heavy (non-hydrogen) atoms. The van der Waals surface area contributed by atoms with Crippen molar-refractivity contribution in [1.29, 1.82) is 0 Å². The van der Waals surface area contributed by atoms with E-state index in [1.807, 2.05) is 31.2 Å². The zero-order valence-electron chi connectivity index (χ0n) is 16.9. The molecule has 10 heteroatoms. The Bertz CT molecular complexity index is 1050. The van der Waals surface area contributed by atoms with E-state index in [9.17, 15) is 18.0 Å². The van der Waals surface area contributed by atoms with E-state index in [1.165, 1.54) is 6.07 Å². The van der Waals surface area contributed by atoms with E-state index in [-0.39, 0.29) is 30.0 Å². The number of rotatable bonds is 7. The average molecular weight is 452 g/mol. The number of nitrogens with one attached hydrogen (secondary N) is 2. The number of hydrogen-bond donors (Lipinski definition) is 2. The van der Waals surface area contributed by atoms with Crippen molar-refractivity contribution in [3.8, 4) is 0 Å². The van der Waals surface area contributed by atoms with E-state index in [1.54, 1.807) is 11.6 Å². The van der Waals surface area contributed by atoms with Gasteiger partial charge in [-0.2, -0.15) is 18.3 Å². The molecule has 0 saturated carbocycles. The van der Waals surface area contributed by atoms with Gasteiger partial charge in [-0.05, 0) is 31.5 Å². The minimum atomic E-state index is -4.43. The SMILES string of the molecule is Cc1ccc(Cn2nc(C)c(C(=O)NCCNc3ccc(C(F)(F)F)cn3)c2Cl)cc1. The van der Waals surface area contributed by atoms with E-state index in [2.05, 4.69) is 20.7 Å². The predicted molar refractivity (Wildman–Crippen MR) is 112 cm³/mol. The van der Waals surface area contributed by atoms with E-state index in [4.69, 9.17) is 11.6 Å². The molecular formula is C21H21ClF3N5O. The average Bonchev–Trinajstić information content (AvgIpc) is 2.99. The fourth-order valence-electron chi connectivity index (χ4n) is 2.90. The van der Waals surface area contributed by atoms with Crippen LogP contribution in [0.3, 0.4) is 0 Å². The van der Waals surface area contributed by atoms with Gasteiger partial charge in [-0.15, -0.1) is 0 Å². The van der Waals surface area contributed by atoms with Crippen LogP contribution in [0.15, 0.2) is 42.6 Å². The maximum Gasteiger partial charge on any atom is 0.417 e. The molecule has 2 aromatic heterocycles. The van der Waals surface area contributed by atoms with Crippen LogP contribution in [-0.2, 0) is 12.7 Å². The van der Waals surface area contributed by atoms with Crippen molar-refractivity contribution >= 4 is 23.3 Å². The van der Waals surface area contributed by atoms with Crippen molar-refractivity contribution < 1.29 is 18.0 Å². The van der Waals surface area contributed by atoms with Gasteiger partial charge in [0.05, 0.1) is 23.4 Å². The van der Waals surface area contributed by atoms with Crippen molar-refractivity contribution in [2.45, 2.75) is 26.6 Å². The summed E-state index contributed by atoms with van der Waals surface area (Å²) in [5.74, 6) is -0.0952. The fraction of sp³-hybridized carbons (Fsp3) is 0.286. The van der Waals surface area contributed by atoms with Gasteiger partial charge in [0, 0.05) is 19.3 Å². The highest BCUT2D eigenvalue weighted by atomic mass is 35.5. The van der Waals surface area contributed by atoms with Crippen molar-refractivity contribution in [2.75, 3.05) is 18.4 Å². The number of alkyl halides is 3. The second-order valence-corrected chi connectivity index (χ2v) is 7.37. The molecule has 0 spiro atoms. The van der Waals surface area contributed by atoms with E-state index in [0.717, 1.165) is 23.4 Å². The number of amides is 1. The molecule has 0 unspecified atom stereocenters. The second kappa shape index (κ2) is 9.38. The van der Waals surface area contributed by atoms with Crippen LogP contribution in [0.5, 0.6) is 0 Å². The van der Waals surface area contributed by atoms with Crippen LogP contribution < -0.4 is 10.6 Å². The Morgan fingerprint density at radius 2 is 1.81 bits per heavy atom. The first-order valence-electron chi connectivity index (χ1n) is 9.49. The maximum atomic E-state index is 12.6. The summed E-state index contributed by atoms with van der Waals surface area (Å²) in [7, 11) is 0. The molecule has 3 aromatic rings. The minimum absolute atomic E-state index is 0.223. The van der Waals surface area contributed by atoms with Crippen LogP contribution in [0.4, 0.5) is 19.0 Å². The van der Waals surface area contributed by atoms with Gasteiger partial charge in [-0.3, -0.25) is 4.79 Å². The van der Waals surface area contributed by atoms with Gasteiger partial charge < -0.3 is 10.6 Å². The lowest BCUT2D eigenvalue weighted by molar-refractivity contribution is -0.137. The highest BCUT2D eigenvalue weighted by molar-refractivity contribution is 6.33. The standard InChI is InChI=1S/C21H21ClF3N5O/c1-13-3-5-15(6-4-13)12-30-19(22)18(14(2)29-30)20(31)27-10-9-26-17-8-7-16(11-28-17)21(23,24)25/h3-8,11H,9-10,12H2,1-2H3,(H,26,28)(H,27,31). The van der Waals surface area contributed by atoms with Crippen LogP contribution in [0, 0.1) is 13.8 Å². The van der Waals surface area contributed by atoms with Gasteiger partial charge in [0.15, 0.2) is 0 Å². The first-order chi connectivity index (χ1) is 14.6. The van der Waals surface area contributed by atoms with Crippen LogP contribution >= 0.6 is 11.6 Å². The molecule has 6 nitrogen and oxygen atoms in total. The Kier molecular flexibility index (Phi) is 6.84. The van der Waals surface area contributed by atoms with Crippen LogP contribution in [0.25, 0.3) is 0 Å². The lowest BCUT2D eigenvalue weighted by Gasteiger charge is -2.09. The predicted octanol–water partition coefficient (Wildman–Crippen LogP) is 4.46. The van der Waals surface area contributed by atoms with Gasteiger partial charge in [-0.1, -0.05) is 41.4 Å². The molecule has 0 radical (unpaired) electrons. The zero-order chi connectivity index (χ0) is 22.6. The summed E-state index contributed by atoms with van der Waals surface area (Å²) in [5.41, 5.74) is 2.13. The number of hydrogen-bond acceptors (Lipinski definition) is 4. The molecule has 0 aliphatic carbocycles. The van der Waals surface area contributed by atoms with Gasteiger partial charge in [0.1, 0.15) is 11.0 Å². The number of halogens is 4. The first kappa shape index (κ1) is 22.6. The Morgan fingerprint density at radius 3 is 2.42 bits per heavy atom. The van der Waals surface area contributed by atoms with E-state index >= 15 is 0 Å². The Labute approximate surface area is 182 Å². The maximum absolute atomic E-state index is 12.6. The number of anilines is 1. The summed E-state index contributed by atoms with van der Waals surface area (Å²) in [5, 5.41) is 10.2. The smallest absolute Gasteiger partial charge is 0.368 e. The summed E-state index contributed by atoms with van der Waals surface area (Å²) >= 11 is 6.39. The molecule has 1 aromatic carbocycles. The number of nitrogens with zero attached hydrogens (tertiary/aromatic N) is 3. The summed E-state index contributed by atoms with van der Waals surface area (Å²) in [6.45, 7) is 4.64. The molecule has 3 rings (SSSR count). The number of benzene rings is 1. The quantitative estimate of drug-likeness (QED) is 0.520. The minimum Gasteiger partial charge on any atom is -0.368 e. The van der Waals surface area contributed by atoms with Crippen molar-refractivity contribution in [2.24, 2.45) is 0 Å². The largest absolute Gasteiger partial charge is 0.417 e. The van der Waals surface area contributed by atoms with Gasteiger partial charge in [0.25, 0.3) is 5.91 Å². The highest BCUT2D eigenvalue weighted by Gasteiger charge is 2.30. The number of pyridine rings is 1. The number of aryl methyl sites for hydroxylation is 2. The number of aromatic nitrogens is 3. The molecule has 0 bridgehead atoms. The van der Waals surface area contributed by atoms with Crippen molar-refractivity contribution in [3.05, 3.63) is 75.7 Å². The number of carbonyl (C=O) groups excluding carboxylic acids is 1. The molecular weight excluding hydrogens is 431 g/mol. The van der Waals surface area contributed by atoms with E-state index < -0.39 is 11.7 Å². The molecule has 0 saturated heterocycles. The van der Waals surface area contributed by atoms with Gasteiger partial charge in [0.2, 0.25) is 0 Å². The molecule has 2 N–H and O–H groups in total. The molecule has 2 heterocycles. The number of carbonyl (C=O) groups is 1. The second-order valence-electron chi connectivity index (χ2n) is 7.01. The molecule has 0 aliphatic rings. The molecule has 0 aliphatic heterocycles. The monoisotopic (exact) mass is 451 g/mol. The van der Waals surface area contributed by atoms with Gasteiger partial charge >= 0.3 is 6.18 Å². The topological polar surface area (TPSA) is 71.8 Å². The van der Waals surface area contributed by atoms with Crippen molar-refractivity contribution in [1.82, 2.24) is 20.1 Å². The molecule has 1 amide bonds. The molecule has 0 fully saturated rings. The Morgan fingerprint density at radius 1 is 1.10 bits per heavy atom. The van der Waals surface area contributed by atoms with Crippen LogP contribution in [-0.4, -0.2) is 33.8 Å². The molecule has 164 valence electrons. The third-order valence-corrected chi connectivity index (χ3v) is 4.94. The third-order valence-electron chi connectivity index (χ3n) is 4.55. The van der Waals surface area contributed by atoms with E-state index in [0.29, 0.717) is 17.8 Å². The summed E-state index contributed by atoms with van der Waals surface area (Å²) < 4.78 is 39.2. The lowest BCUT2D eigenvalue weighted by Crippen LogP contribution is -2.29. The molecule has 0 atom stereocenters. The Hall–Kier alpha value is -3.07.